The van der Waals surface area contributed by atoms with E-state index in [1.165, 1.54) is 6.08 Å². The van der Waals surface area contributed by atoms with Gasteiger partial charge in [-0.3, -0.25) is 19.7 Å². The van der Waals surface area contributed by atoms with Gasteiger partial charge in [0.25, 0.3) is 0 Å². The lowest BCUT2D eigenvalue weighted by Crippen LogP contribution is -2.38. The zero-order chi connectivity index (χ0) is 23.0. The van der Waals surface area contributed by atoms with Crippen molar-refractivity contribution in [2.24, 2.45) is 0 Å². The minimum atomic E-state index is -0.433. The van der Waals surface area contributed by atoms with Gasteiger partial charge in [-0.1, -0.05) is 60.7 Å². The fourth-order valence-corrected chi connectivity index (χ4v) is 3.51. The maximum absolute atomic E-state index is 12.5. The molecule has 4 rings (SSSR count). The van der Waals surface area contributed by atoms with Gasteiger partial charge in [0, 0.05) is 17.7 Å². The molecule has 1 saturated heterocycles. The van der Waals surface area contributed by atoms with Gasteiger partial charge in [0.15, 0.2) is 5.78 Å². The van der Waals surface area contributed by atoms with Crippen molar-refractivity contribution in [2.75, 3.05) is 18.5 Å². The smallest absolute Gasteiger partial charge is 0.323 e. The summed E-state index contributed by atoms with van der Waals surface area (Å²) < 4.78 is 4.85. The average molecular weight is 440 g/mol. The molecule has 1 aliphatic rings. The molecule has 0 bridgehead atoms. The first kappa shape index (κ1) is 22.2. The fraction of sp³-hybridized carbons (Fsp3) is 0.148. The molecule has 1 heterocycles. The molecule has 3 aromatic carbocycles. The topological polar surface area (TPSA) is 84.5 Å². The van der Waals surface area contributed by atoms with Crippen LogP contribution in [0.4, 0.5) is 5.69 Å². The summed E-state index contributed by atoms with van der Waals surface area (Å²) in [5.74, 6) is -0.722. The van der Waals surface area contributed by atoms with Crippen LogP contribution in [0.15, 0.2) is 84.9 Å². The largest absolute Gasteiger partial charge is 0.464 e. The number of carbonyl (C=O) groups is 3. The fourth-order valence-electron chi connectivity index (χ4n) is 3.51. The van der Waals surface area contributed by atoms with Crippen LogP contribution in [-0.2, 0) is 14.3 Å². The van der Waals surface area contributed by atoms with Gasteiger partial charge in [0.1, 0.15) is 6.04 Å². The first-order valence-electron chi connectivity index (χ1n) is 10.8. The number of anilines is 1. The maximum Gasteiger partial charge on any atom is 0.323 e. The van der Waals surface area contributed by atoms with Crippen LogP contribution in [-0.4, -0.2) is 36.9 Å². The maximum atomic E-state index is 12.5. The number of benzene rings is 3. The van der Waals surface area contributed by atoms with E-state index >= 15 is 0 Å². The Morgan fingerprint density at radius 1 is 0.909 bits per heavy atom. The summed E-state index contributed by atoms with van der Waals surface area (Å²) in [5.41, 5.74) is 4.30. The zero-order valence-corrected chi connectivity index (χ0v) is 18.0. The summed E-state index contributed by atoms with van der Waals surface area (Å²) in [6.45, 7) is 0.382. The highest BCUT2D eigenvalue weighted by Gasteiger charge is 2.26. The van der Waals surface area contributed by atoms with Crippen molar-refractivity contribution < 1.29 is 19.1 Å². The minimum Gasteiger partial charge on any atom is -0.464 e. The van der Waals surface area contributed by atoms with Crippen LogP contribution in [0.5, 0.6) is 0 Å². The molecule has 1 amide bonds. The molecule has 6 heteroatoms. The van der Waals surface area contributed by atoms with Gasteiger partial charge in [-0.15, -0.1) is 0 Å². The minimum absolute atomic E-state index is 0.00620. The molecule has 6 nitrogen and oxygen atoms in total. The van der Waals surface area contributed by atoms with Crippen LogP contribution in [0.3, 0.4) is 0 Å². The number of rotatable bonds is 8. The number of hydrogen-bond donors (Lipinski definition) is 2. The van der Waals surface area contributed by atoms with Crippen molar-refractivity contribution in [3.63, 3.8) is 0 Å². The highest BCUT2D eigenvalue weighted by atomic mass is 16.5. The normalized spacial score (nSPS) is 15.4. The Bertz CT molecular complexity index is 1150. The number of allylic oxidation sites excluding steroid dienone is 1. The lowest BCUT2D eigenvalue weighted by atomic mass is 10.0. The van der Waals surface area contributed by atoms with Gasteiger partial charge < -0.3 is 10.1 Å². The number of nitrogens with one attached hydrogen (secondary N) is 2. The summed E-state index contributed by atoms with van der Waals surface area (Å²) in [4.78, 5) is 36.0. The molecule has 3 aromatic rings. The number of ether oxygens (including phenoxy) is 1. The SMILES string of the molecule is O=C(CN[C@H]1CCOC1=O)Nc1ccc(C(=O)/C=C/c2ccc(-c3ccccc3)cc2)cc1. The molecule has 166 valence electrons. The summed E-state index contributed by atoms with van der Waals surface area (Å²) >= 11 is 0. The molecular weight excluding hydrogens is 416 g/mol. The Labute approximate surface area is 192 Å². The second-order valence-corrected chi connectivity index (χ2v) is 7.70. The molecule has 1 fully saturated rings. The standard InChI is InChI=1S/C27H24N2O4/c30-25(15-8-19-6-9-21(10-7-19)20-4-2-1-3-5-20)22-11-13-23(14-12-22)29-26(31)18-28-24-16-17-33-27(24)32/h1-15,24,28H,16-18H2,(H,29,31)/b15-8+/t24-/m0/s1. The third-order valence-electron chi connectivity index (χ3n) is 5.34. The molecule has 2 N–H and O–H groups in total. The number of cyclic esters (lactones) is 1. The number of esters is 1. The second kappa shape index (κ2) is 10.5. The average Bonchev–Trinajstić information content (AvgIpc) is 3.27. The van der Waals surface area contributed by atoms with E-state index in [2.05, 4.69) is 22.8 Å². The Morgan fingerprint density at radius 2 is 1.61 bits per heavy atom. The van der Waals surface area contributed by atoms with E-state index in [0.717, 1.165) is 16.7 Å². The van der Waals surface area contributed by atoms with Crippen LogP contribution < -0.4 is 10.6 Å². The Kier molecular flexibility index (Phi) is 7.07. The van der Waals surface area contributed by atoms with E-state index < -0.39 is 6.04 Å². The van der Waals surface area contributed by atoms with Crippen LogP contribution in [0.2, 0.25) is 0 Å². The molecule has 0 aromatic heterocycles. The van der Waals surface area contributed by atoms with Crippen LogP contribution in [0, 0.1) is 0 Å². The number of hydrogen-bond acceptors (Lipinski definition) is 5. The van der Waals surface area contributed by atoms with Gasteiger partial charge in [-0.05, 0) is 47.0 Å². The molecule has 33 heavy (non-hydrogen) atoms. The lowest BCUT2D eigenvalue weighted by molar-refractivity contribution is -0.139. The predicted molar refractivity (Wildman–Crippen MR) is 128 cm³/mol. The van der Waals surface area contributed by atoms with E-state index in [4.69, 9.17) is 4.74 Å². The molecule has 1 atom stereocenters. The van der Waals surface area contributed by atoms with Gasteiger partial charge in [-0.2, -0.15) is 0 Å². The molecule has 0 aliphatic carbocycles. The quantitative estimate of drug-likeness (QED) is 0.313. The highest BCUT2D eigenvalue weighted by Crippen LogP contribution is 2.20. The van der Waals surface area contributed by atoms with Gasteiger partial charge in [0.2, 0.25) is 5.91 Å². The summed E-state index contributed by atoms with van der Waals surface area (Å²) in [6, 6.07) is 24.4. The second-order valence-electron chi connectivity index (χ2n) is 7.70. The van der Waals surface area contributed by atoms with Crippen LogP contribution in [0.1, 0.15) is 22.3 Å². The van der Waals surface area contributed by atoms with Crippen molar-refractivity contribution >= 4 is 29.4 Å². The van der Waals surface area contributed by atoms with Crippen LogP contribution in [0.25, 0.3) is 17.2 Å². The van der Waals surface area contributed by atoms with Crippen molar-refractivity contribution in [1.29, 1.82) is 0 Å². The summed E-state index contributed by atoms with van der Waals surface area (Å²) in [7, 11) is 0. The Hall–Kier alpha value is -4.03. The number of carbonyl (C=O) groups excluding carboxylic acids is 3. The molecule has 0 saturated carbocycles. The first-order chi connectivity index (χ1) is 16.1. The highest BCUT2D eigenvalue weighted by molar-refractivity contribution is 6.07. The Balaban J connectivity index is 1.29. The monoisotopic (exact) mass is 440 g/mol. The third kappa shape index (κ3) is 6.02. The van der Waals surface area contributed by atoms with Crippen molar-refractivity contribution in [1.82, 2.24) is 5.32 Å². The Morgan fingerprint density at radius 3 is 2.27 bits per heavy atom. The van der Waals surface area contributed by atoms with Gasteiger partial charge in [-0.25, -0.2) is 0 Å². The van der Waals surface area contributed by atoms with E-state index in [-0.39, 0.29) is 24.2 Å². The number of ketones is 1. The lowest BCUT2D eigenvalue weighted by Gasteiger charge is -2.09. The number of amides is 1. The van der Waals surface area contributed by atoms with Crippen LogP contribution >= 0.6 is 0 Å². The molecule has 0 radical (unpaired) electrons. The van der Waals surface area contributed by atoms with E-state index in [1.807, 2.05) is 42.5 Å². The molecule has 0 spiro atoms. The molecule has 1 aliphatic heterocycles. The van der Waals surface area contributed by atoms with Gasteiger partial charge in [0.05, 0.1) is 13.2 Å². The van der Waals surface area contributed by atoms with E-state index in [9.17, 15) is 14.4 Å². The predicted octanol–water partition coefficient (Wildman–Crippen LogP) is 4.09. The zero-order valence-electron chi connectivity index (χ0n) is 18.0. The van der Waals surface area contributed by atoms with E-state index in [0.29, 0.717) is 24.3 Å². The van der Waals surface area contributed by atoms with Crippen molar-refractivity contribution in [3.8, 4) is 11.1 Å². The van der Waals surface area contributed by atoms with Crippen molar-refractivity contribution in [2.45, 2.75) is 12.5 Å². The molecular formula is C27H24N2O4. The third-order valence-corrected chi connectivity index (χ3v) is 5.34. The van der Waals surface area contributed by atoms with Crippen molar-refractivity contribution in [3.05, 3.63) is 96.1 Å². The van der Waals surface area contributed by atoms with E-state index in [1.54, 1.807) is 30.3 Å². The summed E-state index contributed by atoms with van der Waals surface area (Å²) in [5, 5.41) is 5.62. The molecule has 0 unspecified atom stereocenters. The van der Waals surface area contributed by atoms with Gasteiger partial charge >= 0.3 is 5.97 Å². The summed E-state index contributed by atoms with van der Waals surface area (Å²) in [6.07, 6.45) is 3.88. The first-order valence-corrected chi connectivity index (χ1v) is 10.8.